The zero-order chi connectivity index (χ0) is 14.5. The largest absolute Gasteiger partial charge is 0.327 e. The van der Waals surface area contributed by atoms with Crippen LogP contribution in [0.2, 0.25) is 0 Å². The van der Waals surface area contributed by atoms with Crippen molar-refractivity contribution < 1.29 is 0 Å². The molecule has 1 aromatic heterocycles. The summed E-state index contributed by atoms with van der Waals surface area (Å²) in [6, 6.07) is 8.91. The van der Waals surface area contributed by atoms with Gasteiger partial charge in [-0.3, -0.25) is 0 Å². The third kappa shape index (κ3) is 3.40. The number of hydrogen-bond acceptors (Lipinski definition) is 2. The minimum Gasteiger partial charge on any atom is -0.327 e. The molecule has 2 unspecified atom stereocenters. The van der Waals surface area contributed by atoms with Crippen molar-refractivity contribution in [3.05, 3.63) is 30.1 Å². The van der Waals surface area contributed by atoms with Gasteiger partial charge in [0.2, 0.25) is 0 Å². The van der Waals surface area contributed by atoms with Crippen LogP contribution in [0, 0.1) is 5.92 Å². The molecular formula is C17H27N3. The van der Waals surface area contributed by atoms with E-state index in [4.69, 9.17) is 4.98 Å². The van der Waals surface area contributed by atoms with Crippen molar-refractivity contribution in [1.82, 2.24) is 14.9 Å². The Kier molecular flexibility index (Phi) is 5.18. The standard InChI is InChI=1S/C17H27N3/c1-5-13(3)11-14(4)18-12-17-19-15-9-7-8-10-16(15)20(17)6-2/h7-10,13-14,18H,5-6,11-12H2,1-4H3. The topological polar surface area (TPSA) is 29.9 Å². The van der Waals surface area contributed by atoms with Gasteiger partial charge in [-0.1, -0.05) is 32.4 Å². The molecule has 1 aromatic carbocycles. The number of imidazole rings is 1. The number of fused-ring (bicyclic) bond motifs is 1. The van der Waals surface area contributed by atoms with Crippen molar-refractivity contribution in [2.24, 2.45) is 5.92 Å². The first-order valence-electron chi connectivity index (χ1n) is 7.83. The van der Waals surface area contributed by atoms with Gasteiger partial charge >= 0.3 is 0 Å². The minimum absolute atomic E-state index is 0.537. The summed E-state index contributed by atoms with van der Waals surface area (Å²) in [5.41, 5.74) is 2.34. The summed E-state index contributed by atoms with van der Waals surface area (Å²) in [6.45, 7) is 10.8. The lowest BCUT2D eigenvalue weighted by Gasteiger charge is -2.17. The summed E-state index contributed by atoms with van der Waals surface area (Å²) >= 11 is 0. The lowest BCUT2D eigenvalue weighted by molar-refractivity contribution is 0.406. The van der Waals surface area contributed by atoms with Gasteiger partial charge in [0.15, 0.2) is 0 Å². The Labute approximate surface area is 122 Å². The molecule has 3 heteroatoms. The lowest BCUT2D eigenvalue weighted by atomic mass is 10.0. The first-order chi connectivity index (χ1) is 9.65. The highest BCUT2D eigenvalue weighted by Gasteiger charge is 2.11. The van der Waals surface area contributed by atoms with E-state index in [1.165, 1.54) is 18.4 Å². The van der Waals surface area contributed by atoms with E-state index in [1.807, 2.05) is 0 Å². The molecular weight excluding hydrogens is 246 g/mol. The van der Waals surface area contributed by atoms with Gasteiger partial charge in [0.1, 0.15) is 5.82 Å². The Bertz CT molecular complexity index is 544. The van der Waals surface area contributed by atoms with Crippen molar-refractivity contribution in [1.29, 1.82) is 0 Å². The molecule has 0 saturated carbocycles. The number of para-hydroxylation sites is 2. The third-order valence-corrected chi connectivity index (χ3v) is 4.11. The summed E-state index contributed by atoms with van der Waals surface area (Å²) in [5.74, 6) is 1.92. The molecule has 1 N–H and O–H groups in total. The summed E-state index contributed by atoms with van der Waals surface area (Å²) in [5, 5.41) is 3.62. The van der Waals surface area contributed by atoms with E-state index in [0.717, 1.165) is 30.3 Å². The molecule has 0 aliphatic rings. The Morgan fingerprint density at radius 1 is 1.20 bits per heavy atom. The van der Waals surface area contributed by atoms with E-state index in [1.54, 1.807) is 0 Å². The van der Waals surface area contributed by atoms with Gasteiger partial charge in [-0.2, -0.15) is 0 Å². The SMILES string of the molecule is CCC(C)CC(C)NCc1nc2ccccc2n1CC. The first-order valence-corrected chi connectivity index (χ1v) is 7.83. The van der Waals surface area contributed by atoms with Crippen molar-refractivity contribution in [2.45, 2.75) is 59.7 Å². The van der Waals surface area contributed by atoms with Gasteiger partial charge in [0.25, 0.3) is 0 Å². The second kappa shape index (κ2) is 6.89. The van der Waals surface area contributed by atoms with E-state index >= 15 is 0 Å². The number of nitrogens with zero attached hydrogens (tertiary/aromatic N) is 2. The van der Waals surface area contributed by atoms with Crippen molar-refractivity contribution in [2.75, 3.05) is 0 Å². The number of rotatable bonds is 7. The Hall–Kier alpha value is -1.35. The fraction of sp³-hybridized carbons (Fsp3) is 0.588. The van der Waals surface area contributed by atoms with Gasteiger partial charge in [-0.15, -0.1) is 0 Å². The molecule has 20 heavy (non-hydrogen) atoms. The summed E-state index contributed by atoms with van der Waals surface area (Å²) < 4.78 is 2.30. The van der Waals surface area contributed by atoms with E-state index in [9.17, 15) is 0 Å². The molecule has 3 nitrogen and oxygen atoms in total. The van der Waals surface area contributed by atoms with Crippen LogP contribution in [0.4, 0.5) is 0 Å². The van der Waals surface area contributed by atoms with Crippen molar-refractivity contribution in [3.63, 3.8) is 0 Å². The van der Waals surface area contributed by atoms with Crippen LogP contribution >= 0.6 is 0 Å². The average Bonchev–Trinajstić information content (AvgIpc) is 2.82. The molecule has 2 atom stereocenters. The fourth-order valence-electron chi connectivity index (χ4n) is 2.73. The predicted molar refractivity (Wildman–Crippen MR) is 85.8 cm³/mol. The molecule has 0 amide bonds. The second-order valence-electron chi connectivity index (χ2n) is 5.79. The molecule has 0 radical (unpaired) electrons. The number of nitrogens with one attached hydrogen (secondary N) is 1. The second-order valence-corrected chi connectivity index (χ2v) is 5.79. The van der Waals surface area contributed by atoms with Crippen LogP contribution in [0.5, 0.6) is 0 Å². The van der Waals surface area contributed by atoms with Crippen LogP contribution in [-0.4, -0.2) is 15.6 Å². The molecule has 2 aromatic rings. The van der Waals surface area contributed by atoms with E-state index in [2.05, 4.69) is 61.8 Å². The van der Waals surface area contributed by atoms with E-state index in [0.29, 0.717) is 6.04 Å². The van der Waals surface area contributed by atoms with Crippen molar-refractivity contribution in [3.8, 4) is 0 Å². The number of benzene rings is 1. The zero-order valence-electron chi connectivity index (χ0n) is 13.2. The predicted octanol–water partition coefficient (Wildman–Crippen LogP) is 3.97. The summed E-state index contributed by atoms with van der Waals surface area (Å²) in [4.78, 5) is 4.76. The van der Waals surface area contributed by atoms with Gasteiger partial charge in [0.05, 0.1) is 17.6 Å². The Balaban J connectivity index is 2.06. The maximum atomic E-state index is 4.76. The number of hydrogen-bond donors (Lipinski definition) is 1. The van der Waals surface area contributed by atoms with Gasteiger partial charge < -0.3 is 9.88 Å². The van der Waals surface area contributed by atoms with Crippen LogP contribution in [0.3, 0.4) is 0 Å². The normalized spacial score (nSPS) is 14.6. The van der Waals surface area contributed by atoms with E-state index < -0.39 is 0 Å². The third-order valence-electron chi connectivity index (χ3n) is 4.11. The highest BCUT2D eigenvalue weighted by atomic mass is 15.1. The number of aromatic nitrogens is 2. The molecule has 1 heterocycles. The average molecular weight is 273 g/mol. The maximum absolute atomic E-state index is 4.76. The molecule has 0 fully saturated rings. The van der Waals surface area contributed by atoms with Crippen LogP contribution in [0.1, 0.15) is 46.4 Å². The summed E-state index contributed by atoms with van der Waals surface area (Å²) in [6.07, 6.45) is 2.47. The molecule has 2 rings (SSSR count). The minimum atomic E-state index is 0.537. The van der Waals surface area contributed by atoms with E-state index in [-0.39, 0.29) is 0 Å². The van der Waals surface area contributed by atoms with Gasteiger partial charge in [-0.25, -0.2) is 4.98 Å². The molecule has 0 aliphatic heterocycles. The van der Waals surface area contributed by atoms with Crippen LogP contribution in [0.15, 0.2) is 24.3 Å². The number of aryl methyl sites for hydroxylation is 1. The molecule has 0 spiro atoms. The highest BCUT2D eigenvalue weighted by Crippen LogP contribution is 2.16. The quantitative estimate of drug-likeness (QED) is 0.827. The molecule has 0 bridgehead atoms. The fourth-order valence-corrected chi connectivity index (χ4v) is 2.73. The Morgan fingerprint density at radius 2 is 1.95 bits per heavy atom. The smallest absolute Gasteiger partial charge is 0.123 e. The van der Waals surface area contributed by atoms with Crippen LogP contribution in [0.25, 0.3) is 11.0 Å². The van der Waals surface area contributed by atoms with Crippen molar-refractivity contribution >= 4 is 11.0 Å². The molecule has 0 aliphatic carbocycles. The van der Waals surface area contributed by atoms with Gasteiger partial charge in [-0.05, 0) is 38.3 Å². The molecule has 0 saturated heterocycles. The monoisotopic (exact) mass is 273 g/mol. The molecule has 110 valence electrons. The van der Waals surface area contributed by atoms with Crippen LogP contribution < -0.4 is 5.32 Å². The first kappa shape index (κ1) is 15.0. The lowest BCUT2D eigenvalue weighted by Crippen LogP contribution is -2.28. The highest BCUT2D eigenvalue weighted by molar-refractivity contribution is 5.75. The summed E-state index contributed by atoms with van der Waals surface area (Å²) in [7, 11) is 0. The Morgan fingerprint density at radius 3 is 2.65 bits per heavy atom. The van der Waals surface area contributed by atoms with Gasteiger partial charge in [0, 0.05) is 12.6 Å². The van der Waals surface area contributed by atoms with Crippen LogP contribution in [-0.2, 0) is 13.1 Å². The maximum Gasteiger partial charge on any atom is 0.123 e. The zero-order valence-corrected chi connectivity index (χ0v) is 13.2.